The van der Waals surface area contributed by atoms with Gasteiger partial charge in [-0.05, 0) is 34.0 Å². The largest absolute Gasteiger partial charge is 0.481 e. The van der Waals surface area contributed by atoms with Gasteiger partial charge in [-0.3, -0.25) is 4.79 Å². The molecular formula is C11H10BrF2NO2. The lowest BCUT2D eigenvalue weighted by Gasteiger charge is -2.13. The van der Waals surface area contributed by atoms with E-state index in [0.29, 0.717) is 18.5 Å². The average molecular weight is 306 g/mol. The summed E-state index contributed by atoms with van der Waals surface area (Å²) in [7, 11) is 0. The number of hydrogen-bond acceptors (Lipinski definition) is 2. The minimum Gasteiger partial charge on any atom is -0.481 e. The van der Waals surface area contributed by atoms with Crippen LogP contribution in [0.15, 0.2) is 16.6 Å². The zero-order chi connectivity index (χ0) is 12.6. The van der Waals surface area contributed by atoms with Crippen molar-refractivity contribution in [1.82, 2.24) is 5.32 Å². The Labute approximate surface area is 105 Å². The maximum absolute atomic E-state index is 13.3. The van der Waals surface area contributed by atoms with Gasteiger partial charge in [-0.15, -0.1) is 0 Å². The number of benzene rings is 1. The topological polar surface area (TPSA) is 49.3 Å². The van der Waals surface area contributed by atoms with Crippen LogP contribution in [0.25, 0.3) is 0 Å². The molecule has 92 valence electrons. The van der Waals surface area contributed by atoms with Gasteiger partial charge in [-0.2, -0.15) is 0 Å². The van der Waals surface area contributed by atoms with Gasteiger partial charge in [-0.1, -0.05) is 6.07 Å². The van der Waals surface area contributed by atoms with Crippen LogP contribution in [0.4, 0.5) is 8.78 Å². The Morgan fingerprint density at radius 1 is 1.47 bits per heavy atom. The molecule has 3 nitrogen and oxygen atoms in total. The van der Waals surface area contributed by atoms with Crippen molar-refractivity contribution < 1.29 is 18.7 Å². The van der Waals surface area contributed by atoms with Crippen molar-refractivity contribution in [3.05, 3.63) is 33.8 Å². The summed E-state index contributed by atoms with van der Waals surface area (Å²) in [5.74, 6) is -3.23. The van der Waals surface area contributed by atoms with Crippen LogP contribution in [-0.2, 0) is 4.79 Å². The van der Waals surface area contributed by atoms with Gasteiger partial charge < -0.3 is 10.4 Å². The van der Waals surface area contributed by atoms with Crippen molar-refractivity contribution in [3.8, 4) is 0 Å². The molecule has 0 spiro atoms. The second-order valence-corrected chi connectivity index (χ2v) is 4.79. The van der Waals surface area contributed by atoms with Crippen molar-refractivity contribution in [1.29, 1.82) is 0 Å². The number of nitrogens with one attached hydrogen (secondary N) is 1. The number of carboxylic acid groups (broad SMARTS) is 1. The Kier molecular flexibility index (Phi) is 3.44. The second-order valence-electron chi connectivity index (χ2n) is 4.00. The molecule has 1 fully saturated rings. The number of halogens is 3. The standard InChI is InChI=1S/C11H10BrF2NO2/c12-9-6(1-2-7(13)10(9)14)8-3-5(4-15-8)11(16)17/h1-2,5,8,15H,3-4H2,(H,16,17). The summed E-state index contributed by atoms with van der Waals surface area (Å²) in [4.78, 5) is 10.8. The molecule has 0 radical (unpaired) electrons. The molecule has 2 rings (SSSR count). The van der Waals surface area contributed by atoms with Gasteiger partial charge in [0.15, 0.2) is 11.6 Å². The maximum Gasteiger partial charge on any atom is 0.307 e. The summed E-state index contributed by atoms with van der Waals surface area (Å²) in [6.07, 6.45) is 0.374. The predicted octanol–water partition coefficient (Wildman–Crippen LogP) is 2.46. The van der Waals surface area contributed by atoms with Crippen LogP contribution < -0.4 is 5.32 Å². The monoisotopic (exact) mass is 305 g/mol. The first-order valence-electron chi connectivity index (χ1n) is 5.10. The van der Waals surface area contributed by atoms with E-state index in [4.69, 9.17) is 5.11 Å². The van der Waals surface area contributed by atoms with Crippen LogP contribution in [0, 0.1) is 17.6 Å². The van der Waals surface area contributed by atoms with Gasteiger partial charge in [0.25, 0.3) is 0 Å². The summed E-state index contributed by atoms with van der Waals surface area (Å²) in [6.45, 7) is 0.339. The minimum atomic E-state index is -0.942. The van der Waals surface area contributed by atoms with E-state index in [1.54, 1.807) is 0 Å². The molecular weight excluding hydrogens is 296 g/mol. The third-order valence-electron chi connectivity index (χ3n) is 2.92. The van der Waals surface area contributed by atoms with Crippen LogP contribution in [0.2, 0.25) is 0 Å². The first-order valence-corrected chi connectivity index (χ1v) is 5.89. The fourth-order valence-electron chi connectivity index (χ4n) is 1.97. The van der Waals surface area contributed by atoms with Crippen molar-refractivity contribution in [2.75, 3.05) is 6.54 Å². The van der Waals surface area contributed by atoms with Crippen LogP contribution in [0.3, 0.4) is 0 Å². The summed E-state index contributed by atoms with van der Waals surface area (Å²) in [5, 5.41) is 11.9. The Morgan fingerprint density at radius 2 is 2.18 bits per heavy atom. The number of aliphatic carboxylic acids is 1. The lowest BCUT2D eigenvalue weighted by Crippen LogP contribution is -2.17. The molecule has 2 atom stereocenters. The van der Waals surface area contributed by atoms with Crippen LogP contribution >= 0.6 is 15.9 Å². The fourth-order valence-corrected chi connectivity index (χ4v) is 2.57. The Bertz CT molecular complexity index is 467. The van der Waals surface area contributed by atoms with Crippen molar-refractivity contribution in [2.45, 2.75) is 12.5 Å². The van der Waals surface area contributed by atoms with Gasteiger partial charge >= 0.3 is 5.97 Å². The predicted molar refractivity (Wildman–Crippen MR) is 60.5 cm³/mol. The van der Waals surface area contributed by atoms with E-state index >= 15 is 0 Å². The molecule has 0 saturated carbocycles. The molecule has 0 aliphatic carbocycles. The lowest BCUT2D eigenvalue weighted by atomic mass is 10.00. The molecule has 1 aromatic rings. The van der Waals surface area contributed by atoms with E-state index in [9.17, 15) is 13.6 Å². The first kappa shape index (κ1) is 12.4. The van der Waals surface area contributed by atoms with Crippen LogP contribution in [0.1, 0.15) is 18.0 Å². The summed E-state index contributed by atoms with van der Waals surface area (Å²) < 4.78 is 26.3. The molecule has 2 N–H and O–H groups in total. The zero-order valence-electron chi connectivity index (χ0n) is 8.71. The number of rotatable bonds is 2. The molecule has 6 heteroatoms. The maximum atomic E-state index is 13.3. The molecule has 1 aliphatic heterocycles. The molecule has 17 heavy (non-hydrogen) atoms. The average Bonchev–Trinajstić information content (AvgIpc) is 2.75. The van der Waals surface area contributed by atoms with E-state index in [2.05, 4.69) is 21.2 Å². The van der Waals surface area contributed by atoms with Gasteiger partial charge in [0.2, 0.25) is 0 Å². The molecule has 1 aromatic carbocycles. The second kappa shape index (κ2) is 4.70. The van der Waals surface area contributed by atoms with E-state index in [-0.39, 0.29) is 10.5 Å². The highest BCUT2D eigenvalue weighted by Gasteiger charge is 2.31. The molecule has 0 aromatic heterocycles. The summed E-state index contributed by atoms with van der Waals surface area (Å²) >= 11 is 3.00. The molecule has 0 bridgehead atoms. The van der Waals surface area contributed by atoms with Gasteiger partial charge in [0.1, 0.15) is 0 Å². The molecule has 1 saturated heterocycles. The minimum absolute atomic E-state index is 0.0565. The molecule has 1 aliphatic rings. The number of carbonyl (C=O) groups is 1. The summed E-state index contributed by atoms with van der Waals surface area (Å²) in [6, 6.07) is 2.25. The van der Waals surface area contributed by atoms with Crippen molar-refractivity contribution in [3.63, 3.8) is 0 Å². The Morgan fingerprint density at radius 3 is 2.76 bits per heavy atom. The SMILES string of the molecule is O=C(O)C1CNC(c2ccc(F)c(F)c2Br)C1. The first-order chi connectivity index (χ1) is 8.00. The molecule has 2 unspecified atom stereocenters. The smallest absolute Gasteiger partial charge is 0.307 e. The van der Waals surface area contributed by atoms with E-state index in [0.717, 1.165) is 6.07 Å². The van der Waals surface area contributed by atoms with E-state index in [1.807, 2.05) is 0 Å². The van der Waals surface area contributed by atoms with Gasteiger partial charge in [0.05, 0.1) is 10.4 Å². The van der Waals surface area contributed by atoms with Crippen LogP contribution in [-0.4, -0.2) is 17.6 Å². The van der Waals surface area contributed by atoms with Crippen molar-refractivity contribution in [2.24, 2.45) is 5.92 Å². The Balaban J connectivity index is 2.25. The third-order valence-corrected chi connectivity index (χ3v) is 3.73. The van der Waals surface area contributed by atoms with Gasteiger partial charge in [0, 0.05) is 12.6 Å². The van der Waals surface area contributed by atoms with Crippen LogP contribution in [0.5, 0.6) is 0 Å². The van der Waals surface area contributed by atoms with Crippen molar-refractivity contribution >= 4 is 21.9 Å². The number of carboxylic acids is 1. The van der Waals surface area contributed by atoms with E-state index in [1.165, 1.54) is 6.07 Å². The fraction of sp³-hybridized carbons (Fsp3) is 0.364. The highest BCUT2D eigenvalue weighted by atomic mass is 79.9. The highest BCUT2D eigenvalue weighted by Crippen LogP contribution is 2.34. The lowest BCUT2D eigenvalue weighted by molar-refractivity contribution is -0.141. The normalized spacial score (nSPS) is 23.9. The highest BCUT2D eigenvalue weighted by molar-refractivity contribution is 9.10. The number of hydrogen-bond donors (Lipinski definition) is 2. The summed E-state index contributed by atoms with van der Waals surface area (Å²) in [5.41, 5.74) is 0.549. The quantitative estimate of drug-likeness (QED) is 0.825. The van der Waals surface area contributed by atoms with E-state index < -0.39 is 23.5 Å². The molecule has 0 amide bonds. The van der Waals surface area contributed by atoms with Gasteiger partial charge in [-0.25, -0.2) is 8.78 Å². The zero-order valence-corrected chi connectivity index (χ0v) is 10.3. The Hall–Kier alpha value is -1.01. The third kappa shape index (κ3) is 2.32. The molecule has 1 heterocycles.